The molecule has 98 valence electrons. The SMILES string of the molecule is CCC(C)N1C(N)=NCC1c1ccc(C)c(F)c1. The molecule has 2 N–H and O–H groups in total. The number of guanidine groups is 1. The van der Waals surface area contributed by atoms with E-state index in [4.69, 9.17) is 5.73 Å². The van der Waals surface area contributed by atoms with Gasteiger partial charge >= 0.3 is 0 Å². The zero-order chi connectivity index (χ0) is 13.3. The Labute approximate surface area is 108 Å². The van der Waals surface area contributed by atoms with E-state index in [9.17, 15) is 4.39 Å². The summed E-state index contributed by atoms with van der Waals surface area (Å²) in [6.07, 6.45) is 0.987. The summed E-state index contributed by atoms with van der Waals surface area (Å²) in [5.41, 5.74) is 7.55. The largest absolute Gasteiger partial charge is 0.370 e. The Balaban J connectivity index is 2.30. The first-order chi connectivity index (χ1) is 8.54. The molecule has 1 aromatic carbocycles. The fraction of sp³-hybridized carbons (Fsp3) is 0.500. The van der Waals surface area contributed by atoms with Crippen molar-refractivity contribution in [1.29, 1.82) is 0 Å². The van der Waals surface area contributed by atoms with E-state index < -0.39 is 0 Å². The molecule has 1 heterocycles. The van der Waals surface area contributed by atoms with Crippen LogP contribution in [0.2, 0.25) is 0 Å². The van der Waals surface area contributed by atoms with Gasteiger partial charge in [-0.2, -0.15) is 0 Å². The van der Waals surface area contributed by atoms with E-state index in [-0.39, 0.29) is 11.9 Å². The number of hydrogen-bond acceptors (Lipinski definition) is 3. The van der Waals surface area contributed by atoms with Crippen molar-refractivity contribution in [1.82, 2.24) is 4.90 Å². The number of aryl methyl sites for hydroxylation is 1. The second-order valence-electron chi connectivity index (χ2n) is 4.89. The molecule has 0 bridgehead atoms. The highest BCUT2D eigenvalue weighted by molar-refractivity contribution is 5.80. The Morgan fingerprint density at radius 3 is 2.89 bits per heavy atom. The van der Waals surface area contributed by atoms with Crippen LogP contribution in [0.1, 0.15) is 37.4 Å². The number of aliphatic imine (C=N–C) groups is 1. The van der Waals surface area contributed by atoms with Gasteiger partial charge in [-0.05, 0) is 37.5 Å². The van der Waals surface area contributed by atoms with Gasteiger partial charge in [0.25, 0.3) is 0 Å². The number of halogens is 1. The Morgan fingerprint density at radius 1 is 1.56 bits per heavy atom. The van der Waals surface area contributed by atoms with Gasteiger partial charge in [0, 0.05) is 6.04 Å². The summed E-state index contributed by atoms with van der Waals surface area (Å²) in [5.74, 6) is 0.400. The number of hydrogen-bond donors (Lipinski definition) is 1. The summed E-state index contributed by atoms with van der Waals surface area (Å²) in [5, 5.41) is 0. The average molecular weight is 249 g/mol. The van der Waals surface area contributed by atoms with Gasteiger partial charge in [0.05, 0.1) is 12.6 Å². The van der Waals surface area contributed by atoms with Gasteiger partial charge in [-0.3, -0.25) is 4.99 Å². The highest BCUT2D eigenvalue weighted by Crippen LogP contribution is 2.29. The molecule has 1 aromatic rings. The molecule has 18 heavy (non-hydrogen) atoms. The predicted molar refractivity (Wildman–Crippen MR) is 72.0 cm³/mol. The number of rotatable bonds is 3. The highest BCUT2D eigenvalue weighted by atomic mass is 19.1. The van der Waals surface area contributed by atoms with Gasteiger partial charge in [-0.25, -0.2) is 4.39 Å². The van der Waals surface area contributed by atoms with Gasteiger partial charge in [-0.1, -0.05) is 19.1 Å². The lowest BCUT2D eigenvalue weighted by Gasteiger charge is -2.32. The van der Waals surface area contributed by atoms with Crippen LogP contribution in [0.3, 0.4) is 0 Å². The van der Waals surface area contributed by atoms with Crippen molar-refractivity contribution in [3.05, 3.63) is 35.1 Å². The molecule has 0 radical (unpaired) electrons. The van der Waals surface area contributed by atoms with Crippen molar-refractivity contribution in [3.8, 4) is 0 Å². The van der Waals surface area contributed by atoms with E-state index in [0.29, 0.717) is 24.1 Å². The molecule has 3 nitrogen and oxygen atoms in total. The monoisotopic (exact) mass is 249 g/mol. The van der Waals surface area contributed by atoms with Crippen molar-refractivity contribution in [3.63, 3.8) is 0 Å². The maximum atomic E-state index is 13.7. The van der Waals surface area contributed by atoms with Crippen LogP contribution in [0.15, 0.2) is 23.2 Å². The number of nitrogens with zero attached hydrogens (tertiary/aromatic N) is 2. The summed E-state index contributed by atoms with van der Waals surface area (Å²) < 4.78 is 13.7. The Hall–Kier alpha value is -1.58. The minimum absolute atomic E-state index is 0.0649. The molecule has 1 aliphatic rings. The van der Waals surface area contributed by atoms with Crippen LogP contribution >= 0.6 is 0 Å². The summed E-state index contributed by atoms with van der Waals surface area (Å²) in [4.78, 5) is 6.38. The lowest BCUT2D eigenvalue weighted by atomic mass is 10.0. The highest BCUT2D eigenvalue weighted by Gasteiger charge is 2.30. The standard InChI is InChI=1S/C14H20FN3/c1-4-10(3)18-13(8-17-14(18)16)11-6-5-9(2)12(15)7-11/h5-7,10,13H,4,8H2,1-3H3,(H2,16,17). The van der Waals surface area contributed by atoms with Crippen LogP contribution in [0, 0.1) is 12.7 Å². The Morgan fingerprint density at radius 2 is 2.28 bits per heavy atom. The third kappa shape index (κ3) is 2.19. The lowest BCUT2D eigenvalue weighted by Crippen LogP contribution is -2.42. The molecule has 2 rings (SSSR count). The molecule has 0 aliphatic carbocycles. The molecule has 0 saturated carbocycles. The first-order valence-corrected chi connectivity index (χ1v) is 6.39. The average Bonchev–Trinajstić information content (AvgIpc) is 2.74. The second-order valence-corrected chi connectivity index (χ2v) is 4.89. The van der Waals surface area contributed by atoms with Crippen LogP contribution in [0.25, 0.3) is 0 Å². The summed E-state index contributed by atoms with van der Waals surface area (Å²) in [6.45, 7) is 6.61. The molecule has 0 saturated heterocycles. The number of nitrogens with two attached hydrogens (primary N) is 1. The minimum Gasteiger partial charge on any atom is -0.370 e. The zero-order valence-corrected chi connectivity index (χ0v) is 11.2. The maximum Gasteiger partial charge on any atom is 0.192 e. The first kappa shape index (κ1) is 12.9. The summed E-state index contributed by atoms with van der Waals surface area (Å²) >= 11 is 0. The van der Waals surface area contributed by atoms with E-state index in [1.807, 2.05) is 12.1 Å². The smallest absolute Gasteiger partial charge is 0.192 e. The fourth-order valence-corrected chi connectivity index (χ4v) is 2.32. The predicted octanol–water partition coefficient (Wildman–Crippen LogP) is 2.60. The molecule has 4 heteroatoms. The quantitative estimate of drug-likeness (QED) is 0.894. The van der Waals surface area contributed by atoms with Gasteiger partial charge in [0.2, 0.25) is 0 Å². The van der Waals surface area contributed by atoms with E-state index in [1.165, 1.54) is 0 Å². The topological polar surface area (TPSA) is 41.6 Å². The van der Waals surface area contributed by atoms with Crippen LogP contribution in [-0.4, -0.2) is 23.4 Å². The van der Waals surface area contributed by atoms with Crippen molar-refractivity contribution in [2.75, 3.05) is 6.54 Å². The molecular formula is C14H20FN3. The Bertz CT molecular complexity index is 470. The minimum atomic E-state index is -0.165. The lowest BCUT2D eigenvalue weighted by molar-refractivity contribution is 0.268. The van der Waals surface area contributed by atoms with Gasteiger partial charge in [-0.15, -0.1) is 0 Å². The van der Waals surface area contributed by atoms with Crippen molar-refractivity contribution >= 4 is 5.96 Å². The van der Waals surface area contributed by atoms with Crippen molar-refractivity contribution in [2.24, 2.45) is 10.7 Å². The van der Waals surface area contributed by atoms with Gasteiger partial charge < -0.3 is 10.6 Å². The normalized spacial score (nSPS) is 21.0. The van der Waals surface area contributed by atoms with E-state index in [2.05, 4.69) is 23.7 Å². The Kier molecular flexibility index (Phi) is 3.55. The first-order valence-electron chi connectivity index (χ1n) is 6.39. The second kappa shape index (κ2) is 4.96. The number of benzene rings is 1. The molecule has 1 aliphatic heterocycles. The van der Waals surface area contributed by atoms with Crippen LogP contribution < -0.4 is 5.73 Å². The van der Waals surface area contributed by atoms with E-state index >= 15 is 0 Å². The molecule has 0 spiro atoms. The van der Waals surface area contributed by atoms with E-state index in [0.717, 1.165) is 12.0 Å². The molecule has 0 aromatic heterocycles. The van der Waals surface area contributed by atoms with Crippen molar-refractivity contribution < 1.29 is 4.39 Å². The molecular weight excluding hydrogens is 229 g/mol. The summed E-state index contributed by atoms with van der Waals surface area (Å²) in [7, 11) is 0. The van der Waals surface area contributed by atoms with Gasteiger partial charge in [0.1, 0.15) is 5.82 Å². The zero-order valence-electron chi connectivity index (χ0n) is 11.2. The van der Waals surface area contributed by atoms with Crippen LogP contribution in [0.4, 0.5) is 4.39 Å². The maximum absolute atomic E-state index is 13.7. The van der Waals surface area contributed by atoms with Crippen LogP contribution in [-0.2, 0) is 0 Å². The third-order valence-corrected chi connectivity index (χ3v) is 3.67. The summed E-state index contributed by atoms with van der Waals surface area (Å²) in [6, 6.07) is 5.75. The van der Waals surface area contributed by atoms with E-state index in [1.54, 1.807) is 13.0 Å². The van der Waals surface area contributed by atoms with Crippen LogP contribution in [0.5, 0.6) is 0 Å². The fourth-order valence-electron chi connectivity index (χ4n) is 2.32. The van der Waals surface area contributed by atoms with Gasteiger partial charge in [0.15, 0.2) is 5.96 Å². The van der Waals surface area contributed by atoms with Crippen molar-refractivity contribution in [2.45, 2.75) is 39.3 Å². The molecule has 0 fully saturated rings. The molecule has 2 unspecified atom stereocenters. The molecule has 0 amide bonds. The third-order valence-electron chi connectivity index (χ3n) is 3.67. The molecule has 2 atom stereocenters.